The van der Waals surface area contributed by atoms with Crippen LogP contribution in [0.2, 0.25) is 0 Å². The number of nitrogens with one attached hydrogen (secondary N) is 2. The molecule has 0 radical (unpaired) electrons. The molecule has 1 aromatic carbocycles. The lowest BCUT2D eigenvalue weighted by atomic mass is 9.93. The number of rotatable bonds is 8. The average Bonchev–Trinajstić information content (AvgIpc) is 2.93. The van der Waals surface area contributed by atoms with Gasteiger partial charge in [-0.05, 0) is 43.7 Å². The maximum absolute atomic E-state index is 12.6. The highest BCUT2D eigenvalue weighted by molar-refractivity contribution is 6.08. The Morgan fingerprint density at radius 3 is 2.33 bits per heavy atom. The maximum atomic E-state index is 12.6. The number of nitrogens with zero attached hydrogens (tertiary/aromatic N) is 1. The number of amides is 4. The maximum Gasteiger partial charge on any atom is 0.327 e. The SMILES string of the molecule is CCC1(CC)NC(=O)N(CC(=O)O[C@@H](C)C(=O)Nc2c(C)cccc2C(C)C)C1=O. The number of carbonyl (C=O) groups excluding carboxylic acids is 4. The van der Waals surface area contributed by atoms with Crippen molar-refractivity contribution in [2.75, 3.05) is 11.9 Å². The second kappa shape index (κ2) is 9.28. The van der Waals surface area contributed by atoms with Gasteiger partial charge in [0.15, 0.2) is 6.10 Å². The van der Waals surface area contributed by atoms with Crippen molar-refractivity contribution in [1.29, 1.82) is 0 Å². The van der Waals surface area contributed by atoms with Crippen molar-refractivity contribution < 1.29 is 23.9 Å². The number of benzene rings is 1. The van der Waals surface area contributed by atoms with Gasteiger partial charge in [0.25, 0.3) is 11.8 Å². The van der Waals surface area contributed by atoms with E-state index in [9.17, 15) is 19.2 Å². The van der Waals surface area contributed by atoms with Gasteiger partial charge >= 0.3 is 12.0 Å². The number of esters is 1. The number of urea groups is 1. The average molecular weight is 418 g/mol. The number of carbonyl (C=O) groups is 4. The van der Waals surface area contributed by atoms with Crippen molar-refractivity contribution in [2.24, 2.45) is 0 Å². The van der Waals surface area contributed by atoms with Crippen LogP contribution in [0.25, 0.3) is 0 Å². The Balaban J connectivity index is 2.02. The van der Waals surface area contributed by atoms with E-state index in [-0.39, 0.29) is 5.92 Å². The Labute approximate surface area is 177 Å². The van der Waals surface area contributed by atoms with Crippen LogP contribution in [0.3, 0.4) is 0 Å². The van der Waals surface area contributed by atoms with E-state index in [0.29, 0.717) is 18.5 Å². The van der Waals surface area contributed by atoms with Crippen LogP contribution < -0.4 is 10.6 Å². The molecule has 1 saturated heterocycles. The molecule has 0 bridgehead atoms. The smallest absolute Gasteiger partial charge is 0.327 e. The van der Waals surface area contributed by atoms with Crippen LogP contribution in [0.15, 0.2) is 18.2 Å². The molecule has 1 aromatic rings. The van der Waals surface area contributed by atoms with Gasteiger partial charge in [-0.2, -0.15) is 0 Å². The summed E-state index contributed by atoms with van der Waals surface area (Å²) in [6.45, 7) is 10.5. The van der Waals surface area contributed by atoms with Crippen LogP contribution in [-0.2, 0) is 19.1 Å². The van der Waals surface area contributed by atoms with Crippen molar-refractivity contribution in [2.45, 2.75) is 71.9 Å². The lowest BCUT2D eigenvalue weighted by molar-refractivity contribution is -0.155. The van der Waals surface area contributed by atoms with Crippen molar-refractivity contribution in [1.82, 2.24) is 10.2 Å². The highest BCUT2D eigenvalue weighted by Gasteiger charge is 2.49. The molecule has 0 aromatic heterocycles. The second-order valence-electron chi connectivity index (χ2n) is 7.93. The molecule has 4 amide bonds. The number of para-hydroxylation sites is 1. The number of ether oxygens (including phenoxy) is 1. The zero-order valence-electron chi connectivity index (χ0n) is 18.5. The van der Waals surface area contributed by atoms with Crippen molar-refractivity contribution >= 4 is 29.5 Å². The molecule has 0 unspecified atom stereocenters. The van der Waals surface area contributed by atoms with Crippen molar-refractivity contribution in [3.05, 3.63) is 29.3 Å². The summed E-state index contributed by atoms with van der Waals surface area (Å²) >= 11 is 0. The van der Waals surface area contributed by atoms with Crippen LogP contribution >= 0.6 is 0 Å². The number of hydrogen-bond acceptors (Lipinski definition) is 5. The molecule has 8 nitrogen and oxygen atoms in total. The standard InChI is InChI=1S/C22H31N3O5/c1-7-22(8-2)20(28)25(21(29)24-22)12-17(26)30-15(6)19(27)23-18-14(5)10-9-11-16(18)13(3)4/h9-11,13,15H,7-8,12H2,1-6H3,(H,23,27)(H,24,29)/t15-/m0/s1. The summed E-state index contributed by atoms with van der Waals surface area (Å²) in [7, 11) is 0. The van der Waals surface area contributed by atoms with E-state index < -0.39 is 42.0 Å². The van der Waals surface area contributed by atoms with E-state index in [0.717, 1.165) is 16.0 Å². The summed E-state index contributed by atoms with van der Waals surface area (Å²) < 4.78 is 5.19. The van der Waals surface area contributed by atoms with Crippen molar-refractivity contribution in [3.8, 4) is 0 Å². The zero-order valence-corrected chi connectivity index (χ0v) is 18.5. The molecular formula is C22H31N3O5. The first kappa shape index (κ1) is 23.4. The van der Waals surface area contributed by atoms with Crippen LogP contribution in [-0.4, -0.2) is 46.9 Å². The highest BCUT2D eigenvalue weighted by atomic mass is 16.5. The Kier molecular flexibility index (Phi) is 7.23. The minimum absolute atomic E-state index is 0.204. The van der Waals surface area contributed by atoms with E-state index in [2.05, 4.69) is 10.6 Å². The van der Waals surface area contributed by atoms with Gasteiger partial charge in [-0.1, -0.05) is 45.9 Å². The summed E-state index contributed by atoms with van der Waals surface area (Å²) in [6.07, 6.45) is -0.236. The van der Waals surface area contributed by atoms with Crippen LogP contribution in [0.1, 0.15) is 64.5 Å². The molecule has 0 spiro atoms. The minimum atomic E-state index is -1.08. The fourth-order valence-electron chi connectivity index (χ4n) is 3.53. The zero-order chi connectivity index (χ0) is 22.6. The predicted octanol–water partition coefficient (Wildman–Crippen LogP) is 3.10. The first-order chi connectivity index (χ1) is 14.1. The topological polar surface area (TPSA) is 105 Å². The molecule has 0 aliphatic carbocycles. The normalized spacial score (nSPS) is 16.4. The second-order valence-corrected chi connectivity index (χ2v) is 7.93. The summed E-state index contributed by atoms with van der Waals surface area (Å²) in [5, 5.41) is 5.49. The number of hydrogen-bond donors (Lipinski definition) is 2. The number of aryl methyl sites for hydroxylation is 1. The third-order valence-corrected chi connectivity index (χ3v) is 5.59. The molecule has 1 atom stereocenters. The first-order valence-electron chi connectivity index (χ1n) is 10.3. The summed E-state index contributed by atoms with van der Waals surface area (Å²) in [6, 6.07) is 5.13. The fourth-order valence-corrected chi connectivity index (χ4v) is 3.53. The third-order valence-electron chi connectivity index (χ3n) is 5.59. The van der Waals surface area contributed by atoms with Gasteiger partial charge in [0.1, 0.15) is 12.1 Å². The Morgan fingerprint density at radius 1 is 1.17 bits per heavy atom. The van der Waals surface area contributed by atoms with E-state index in [1.807, 2.05) is 39.0 Å². The lowest BCUT2D eigenvalue weighted by Crippen LogP contribution is -2.46. The quantitative estimate of drug-likeness (QED) is 0.500. The Hall–Kier alpha value is -2.90. The predicted molar refractivity (Wildman–Crippen MR) is 113 cm³/mol. The summed E-state index contributed by atoms with van der Waals surface area (Å²) in [5.74, 6) is -1.55. The summed E-state index contributed by atoms with van der Waals surface area (Å²) in [5.41, 5.74) is 1.60. The van der Waals surface area contributed by atoms with E-state index >= 15 is 0 Å². The largest absolute Gasteiger partial charge is 0.451 e. The van der Waals surface area contributed by atoms with Crippen LogP contribution in [0.5, 0.6) is 0 Å². The fraction of sp³-hybridized carbons (Fsp3) is 0.545. The molecule has 2 rings (SSSR count). The van der Waals surface area contributed by atoms with Gasteiger partial charge < -0.3 is 15.4 Å². The monoisotopic (exact) mass is 417 g/mol. The van der Waals surface area contributed by atoms with E-state index in [1.165, 1.54) is 6.92 Å². The molecule has 8 heteroatoms. The van der Waals surface area contributed by atoms with Crippen LogP contribution in [0.4, 0.5) is 10.5 Å². The Morgan fingerprint density at radius 2 is 1.80 bits per heavy atom. The van der Waals surface area contributed by atoms with E-state index in [4.69, 9.17) is 4.74 Å². The third kappa shape index (κ3) is 4.63. The van der Waals surface area contributed by atoms with Gasteiger partial charge in [0.05, 0.1) is 0 Å². The molecule has 2 N–H and O–H groups in total. The van der Waals surface area contributed by atoms with Gasteiger partial charge in [0, 0.05) is 5.69 Å². The lowest BCUT2D eigenvalue weighted by Gasteiger charge is -2.23. The first-order valence-corrected chi connectivity index (χ1v) is 10.3. The van der Waals surface area contributed by atoms with Gasteiger partial charge in [-0.25, -0.2) is 4.79 Å². The highest BCUT2D eigenvalue weighted by Crippen LogP contribution is 2.28. The molecule has 30 heavy (non-hydrogen) atoms. The van der Waals surface area contributed by atoms with Gasteiger partial charge in [-0.15, -0.1) is 0 Å². The molecule has 1 aliphatic heterocycles. The minimum Gasteiger partial charge on any atom is -0.451 e. The molecule has 0 saturated carbocycles. The number of imide groups is 1. The molecule has 1 aliphatic rings. The van der Waals surface area contributed by atoms with E-state index in [1.54, 1.807) is 13.8 Å². The molecule has 1 fully saturated rings. The summed E-state index contributed by atoms with van der Waals surface area (Å²) in [4.78, 5) is 50.5. The van der Waals surface area contributed by atoms with Crippen molar-refractivity contribution in [3.63, 3.8) is 0 Å². The van der Waals surface area contributed by atoms with Gasteiger partial charge in [0.2, 0.25) is 0 Å². The van der Waals surface area contributed by atoms with Gasteiger partial charge in [-0.3, -0.25) is 19.3 Å². The van der Waals surface area contributed by atoms with Crippen LogP contribution in [0, 0.1) is 6.92 Å². The molecule has 1 heterocycles. The molecular weight excluding hydrogens is 386 g/mol. The molecule has 164 valence electrons. The number of anilines is 1. The Bertz CT molecular complexity index is 845.